The normalized spacial score (nSPS) is 15.6. The first-order valence-electron chi connectivity index (χ1n) is 8.20. The molecule has 25 heavy (non-hydrogen) atoms. The van der Waals surface area contributed by atoms with Crippen LogP contribution in [0.5, 0.6) is 0 Å². The smallest absolute Gasteiger partial charge is 0.252 e. The maximum Gasteiger partial charge on any atom is 0.252 e. The minimum Gasteiger partial charge on any atom is -0.342 e. The summed E-state index contributed by atoms with van der Waals surface area (Å²) in [6, 6.07) is 10.7. The van der Waals surface area contributed by atoms with Gasteiger partial charge in [0, 0.05) is 35.0 Å². The van der Waals surface area contributed by atoms with Gasteiger partial charge in [0.25, 0.3) is 5.91 Å². The zero-order valence-corrected chi connectivity index (χ0v) is 13.4. The molecule has 3 aromatic rings. The molecule has 1 aliphatic carbocycles. The van der Waals surface area contributed by atoms with Gasteiger partial charge >= 0.3 is 0 Å². The molecule has 1 aromatic heterocycles. The first kappa shape index (κ1) is 15.7. The summed E-state index contributed by atoms with van der Waals surface area (Å²) in [4.78, 5) is 17.0. The molecule has 0 aliphatic heterocycles. The number of hydrogen-bond acceptors (Lipinski definition) is 2. The van der Waals surface area contributed by atoms with Crippen LogP contribution in [0.25, 0.3) is 10.8 Å². The van der Waals surface area contributed by atoms with Gasteiger partial charge < -0.3 is 5.32 Å². The topological polar surface area (TPSA) is 42.0 Å². The molecule has 126 valence electrons. The molecule has 5 heteroatoms. The first-order valence-corrected chi connectivity index (χ1v) is 8.20. The molecule has 2 aromatic carbocycles. The summed E-state index contributed by atoms with van der Waals surface area (Å²) < 4.78 is 27.5. The maximum atomic E-state index is 14.3. The number of halogens is 2. The molecule has 1 heterocycles. The molecule has 3 nitrogen and oxygen atoms in total. The van der Waals surface area contributed by atoms with Gasteiger partial charge in [0.15, 0.2) is 0 Å². The molecule has 1 amide bonds. The predicted octanol–water partition coefficient (Wildman–Crippen LogP) is 4.32. The summed E-state index contributed by atoms with van der Waals surface area (Å²) >= 11 is 0. The quantitative estimate of drug-likeness (QED) is 0.773. The van der Waals surface area contributed by atoms with E-state index in [1.807, 2.05) is 6.07 Å². The van der Waals surface area contributed by atoms with Gasteiger partial charge in [-0.1, -0.05) is 18.2 Å². The minimum absolute atomic E-state index is 0.264. The monoisotopic (exact) mass is 338 g/mol. The lowest BCUT2D eigenvalue weighted by atomic mass is 9.71. The summed E-state index contributed by atoms with van der Waals surface area (Å²) in [6.07, 6.45) is 5.49. The van der Waals surface area contributed by atoms with Crippen molar-refractivity contribution in [3.8, 4) is 0 Å². The molecule has 4 rings (SSSR count). The van der Waals surface area contributed by atoms with Gasteiger partial charge in [-0.2, -0.15) is 0 Å². The Kier molecular flexibility index (Phi) is 3.71. The van der Waals surface area contributed by atoms with Crippen molar-refractivity contribution in [1.82, 2.24) is 10.3 Å². The number of carbonyl (C=O) groups is 1. The van der Waals surface area contributed by atoms with E-state index in [0.29, 0.717) is 24.0 Å². The highest BCUT2D eigenvalue weighted by Crippen LogP contribution is 2.42. The summed E-state index contributed by atoms with van der Waals surface area (Å²) in [6.45, 7) is 0. The maximum absolute atomic E-state index is 14.3. The van der Waals surface area contributed by atoms with Crippen LogP contribution >= 0.6 is 0 Å². The zero-order chi connectivity index (χ0) is 17.4. The molecule has 0 spiro atoms. The third-order valence-corrected chi connectivity index (χ3v) is 4.93. The Bertz CT molecular complexity index is 962. The number of nitrogens with zero attached hydrogens (tertiary/aromatic N) is 1. The molecule has 0 saturated heterocycles. The SMILES string of the molecule is O=C(NC1(c2ccc(F)cc2F)CCC1)c1cccc2cnccc12. The number of nitrogens with one attached hydrogen (secondary N) is 1. The number of pyridine rings is 1. The lowest BCUT2D eigenvalue weighted by Gasteiger charge is -2.43. The van der Waals surface area contributed by atoms with Gasteiger partial charge in [-0.3, -0.25) is 9.78 Å². The molecule has 0 atom stereocenters. The molecule has 0 unspecified atom stereocenters. The van der Waals surface area contributed by atoms with E-state index in [0.717, 1.165) is 23.3 Å². The molecular formula is C20H16F2N2O. The van der Waals surface area contributed by atoms with Crippen LogP contribution in [0.3, 0.4) is 0 Å². The standard InChI is InChI=1S/C20H16F2N2O/c21-14-5-6-17(18(22)11-14)20(8-2-9-20)24-19(25)16-4-1-3-13-12-23-10-7-15(13)16/h1,3-7,10-12H,2,8-9H2,(H,24,25). The number of benzene rings is 2. The van der Waals surface area contributed by atoms with E-state index in [-0.39, 0.29) is 5.91 Å². The summed E-state index contributed by atoms with van der Waals surface area (Å²) in [7, 11) is 0. The number of hydrogen-bond donors (Lipinski definition) is 1. The van der Waals surface area contributed by atoms with Crippen LogP contribution in [0, 0.1) is 11.6 Å². The molecule has 1 N–H and O–H groups in total. The highest BCUT2D eigenvalue weighted by Gasteiger charge is 2.42. The lowest BCUT2D eigenvalue weighted by Crippen LogP contribution is -2.51. The van der Waals surface area contributed by atoms with Gasteiger partial charge in [-0.15, -0.1) is 0 Å². The Labute approximate surface area is 143 Å². The average Bonchev–Trinajstić information content (AvgIpc) is 2.58. The second-order valence-electron chi connectivity index (χ2n) is 6.42. The van der Waals surface area contributed by atoms with E-state index >= 15 is 0 Å². The number of carbonyl (C=O) groups excluding carboxylic acids is 1. The Balaban J connectivity index is 1.71. The van der Waals surface area contributed by atoms with Crippen molar-refractivity contribution >= 4 is 16.7 Å². The zero-order valence-electron chi connectivity index (χ0n) is 13.4. The van der Waals surface area contributed by atoms with Crippen molar-refractivity contribution in [2.24, 2.45) is 0 Å². The molecule has 0 bridgehead atoms. The lowest BCUT2D eigenvalue weighted by molar-refractivity contribution is 0.0819. The van der Waals surface area contributed by atoms with Crippen molar-refractivity contribution in [3.63, 3.8) is 0 Å². The Morgan fingerprint density at radius 1 is 1.12 bits per heavy atom. The second-order valence-corrected chi connectivity index (χ2v) is 6.42. The van der Waals surface area contributed by atoms with Gasteiger partial charge in [0.05, 0.1) is 5.54 Å². The van der Waals surface area contributed by atoms with Crippen LogP contribution < -0.4 is 5.32 Å². The average molecular weight is 338 g/mol. The third-order valence-electron chi connectivity index (χ3n) is 4.93. The van der Waals surface area contributed by atoms with Crippen LogP contribution in [0.1, 0.15) is 35.2 Å². The van der Waals surface area contributed by atoms with Crippen LogP contribution in [0.15, 0.2) is 54.9 Å². The summed E-state index contributed by atoms with van der Waals surface area (Å²) in [5, 5.41) is 4.65. The molecular weight excluding hydrogens is 322 g/mol. The van der Waals surface area contributed by atoms with E-state index in [4.69, 9.17) is 0 Å². The fourth-order valence-corrected chi connectivity index (χ4v) is 3.47. The highest BCUT2D eigenvalue weighted by atomic mass is 19.1. The number of aromatic nitrogens is 1. The minimum atomic E-state index is -0.774. The van der Waals surface area contributed by atoms with E-state index in [2.05, 4.69) is 10.3 Å². The van der Waals surface area contributed by atoms with Crippen molar-refractivity contribution in [1.29, 1.82) is 0 Å². The molecule has 1 saturated carbocycles. The molecule has 1 aliphatic rings. The number of amides is 1. The Morgan fingerprint density at radius 3 is 2.68 bits per heavy atom. The fourth-order valence-electron chi connectivity index (χ4n) is 3.47. The van der Waals surface area contributed by atoms with Crippen LogP contribution in [0.4, 0.5) is 8.78 Å². The van der Waals surface area contributed by atoms with Crippen molar-refractivity contribution < 1.29 is 13.6 Å². The van der Waals surface area contributed by atoms with E-state index in [1.165, 1.54) is 12.1 Å². The number of fused-ring (bicyclic) bond motifs is 1. The Hall–Kier alpha value is -2.82. The van der Waals surface area contributed by atoms with Crippen molar-refractivity contribution in [3.05, 3.63) is 77.6 Å². The van der Waals surface area contributed by atoms with Crippen LogP contribution in [-0.2, 0) is 5.54 Å². The largest absolute Gasteiger partial charge is 0.342 e. The van der Waals surface area contributed by atoms with Gasteiger partial charge in [-0.05, 0) is 42.8 Å². The second kappa shape index (κ2) is 5.92. The third kappa shape index (κ3) is 2.65. The van der Waals surface area contributed by atoms with Crippen molar-refractivity contribution in [2.45, 2.75) is 24.8 Å². The van der Waals surface area contributed by atoms with Crippen LogP contribution in [0.2, 0.25) is 0 Å². The summed E-state index contributed by atoms with van der Waals surface area (Å²) in [5.41, 5.74) is 0.0912. The van der Waals surface area contributed by atoms with E-state index in [1.54, 1.807) is 30.6 Å². The van der Waals surface area contributed by atoms with Gasteiger partial charge in [0.1, 0.15) is 11.6 Å². The first-order chi connectivity index (χ1) is 12.1. The van der Waals surface area contributed by atoms with Gasteiger partial charge in [0.2, 0.25) is 0 Å². The van der Waals surface area contributed by atoms with Crippen molar-refractivity contribution in [2.75, 3.05) is 0 Å². The fraction of sp³-hybridized carbons (Fsp3) is 0.200. The highest BCUT2D eigenvalue weighted by molar-refractivity contribution is 6.07. The molecule has 0 radical (unpaired) electrons. The predicted molar refractivity (Wildman–Crippen MR) is 91.1 cm³/mol. The van der Waals surface area contributed by atoms with Gasteiger partial charge in [-0.25, -0.2) is 8.78 Å². The Morgan fingerprint density at radius 2 is 1.96 bits per heavy atom. The summed E-state index contributed by atoms with van der Waals surface area (Å²) in [5.74, 6) is -1.51. The number of rotatable bonds is 3. The van der Waals surface area contributed by atoms with Crippen LogP contribution in [-0.4, -0.2) is 10.9 Å². The molecule has 1 fully saturated rings. The van der Waals surface area contributed by atoms with E-state index in [9.17, 15) is 13.6 Å². The van der Waals surface area contributed by atoms with E-state index < -0.39 is 17.2 Å².